The minimum Gasteiger partial charge on any atom is -0.508 e. The molecule has 0 aliphatic rings. The van der Waals surface area contributed by atoms with Gasteiger partial charge in [-0.05, 0) is 32.2 Å². The summed E-state index contributed by atoms with van der Waals surface area (Å²) in [4.78, 5) is 12.3. The highest BCUT2D eigenvalue weighted by molar-refractivity contribution is 5.69. The molecule has 0 aliphatic carbocycles. The van der Waals surface area contributed by atoms with Crippen LogP contribution in [-0.2, 0) is 4.79 Å². The molecule has 0 amide bonds. The number of phenolic OH excluding ortho intramolecular Hbond substituents is 1. The van der Waals surface area contributed by atoms with Crippen molar-refractivity contribution in [2.45, 2.75) is 13.0 Å². The summed E-state index contributed by atoms with van der Waals surface area (Å²) in [7, 11) is 3.24. The number of phenols is 1. The van der Waals surface area contributed by atoms with Gasteiger partial charge in [-0.1, -0.05) is 0 Å². The Hall–Kier alpha value is -1.75. The molecule has 5 nitrogen and oxygen atoms in total. The van der Waals surface area contributed by atoms with Crippen molar-refractivity contribution >= 4 is 5.97 Å². The molecule has 1 unspecified atom stereocenters. The van der Waals surface area contributed by atoms with E-state index < -0.39 is 5.97 Å². The van der Waals surface area contributed by atoms with E-state index in [0.717, 1.165) is 0 Å². The molecule has 0 fully saturated rings. The van der Waals surface area contributed by atoms with Gasteiger partial charge in [0.15, 0.2) is 0 Å². The van der Waals surface area contributed by atoms with Crippen molar-refractivity contribution in [3.8, 4) is 11.5 Å². The first-order valence-corrected chi connectivity index (χ1v) is 5.24. The molecule has 0 saturated carbocycles. The summed E-state index contributed by atoms with van der Waals surface area (Å²) >= 11 is 0. The third-order valence-corrected chi connectivity index (χ3v) is 2.73. The number of carboxylic acid groups (broad SMARTS) is 1. The molecule has 1 aromatic rings. The Balaban J connectivity index is 2.94. The average Bonchev–Trinajstić information content (AvgIpc) is 2.28. The number of hydrogen-bond acceptors (Lipinski definition) is 4. The van der Waals surface area contributed by atoms with Gasteiger partial charge in [-0.25, -0.2) is 0 Å². The van der Waals surface area contributed by atoms with E-state index in [2.05, 4.69) is 0 Å². The number of likely N-dealkylation sites (N-methyl/N-ethyl adjacent to an activating group) is 1. The molecule has 1 atom stereocenters. The van der Waals surface area contributed by atoms with Crippen molar-refractivity contribution in [2.24, 2.45) is 0 Å². The molecule has 2 N–H and O–H groups in total. The molecule has 0 radical (unpaired) electrons. The SMILES string of the molecule is COc1ccc(O)c(C(C)N(C)CC(=O)O)c1. The molecule has 0 spiro atoms. The zero-order valence-electron chi connectivity index (χ0n) is 10.2. The molecular formula is C12H17NO4. The van der Waals surface area contributed by atoms with E-state index >= 15 is 0 Å². The highest BCUT2D eigenvalue weighted by atomic mass is 16.5. The Bertz CT molecular complexity index is 405. The summed E-state index contributed by atoms with van der Waals surface area (Å²) in [5.41, 5.74) is 0.646. The van der Waals surface area contributed by atoms with Crippen molar-refractivity contribution in [1.82, 2.24) is 4.90 Å². The Labute approximate surface area is 100 Å². The molecular weight excluding hydrogens is 222 g/mol. The Kier molecular flexibility index (Phi) is 4.34. The highest BCUT2D eigenvalue weighted by Gasteiger charge is 2.17. The average molecular weight is 239 g/mol. The Morgan fingerprint density at radius 2 is 2.18 bits per heavy atom. The number of aliphatic carboxylic acids is 1. The molecule has 0 saturated heterocycles. The zero-order chi connectivity index (χ0) is 13.0. The molecule has 0 aromatic heterocycles. The van der Waals surface area contributed by atoms with Gasteiger partial charge in [-0.15, -0.1) is 0 Å². The second-order valence-electron chi connectivity index (χ2n) is 3.91. The molecule has 94 valence electrons. The van der Waals surface area contributed by atoms with E-state index in [1.807, 2.05) is 6.92 Å². The number of carboxylic acids is 1. The van der Waals surface area contributed by atoms with Crippen LogP contribution in [0.4, 0.5) is 0 Å². The fourth-order valence-corrected chi connectivity index (χ4v) is 1.58. The van der Waals surface area contributed by atoms with Crippen LogP contribution in [0.1, 0.15) is 18.5 Å². The van der Waals surface area contributed by atoms with Gasteiger partial charge in [0, 0.05) is 11.6 Å². The van der Waals surface area contributed by atoms with Crippen LogP contribution in [0, 0.1) is 0 Å². The minimum absolute atomic E-state index is 0.0855. The third-order valence-electron chi connectivity index (χ3n) is 2.73. The number of benzene rings is 1. The number of nitrogens with zero attached hydrogens (tertiary/aromatic N) is 1. The van der Waals surface area contributed by atoms with Gasteiger partial charge in [-0.3, -0.25) is 9.69 Å². The van der Waals surface area contributed by atoms with Gasteiger partial charge in [-0.2, -0.15) is 0 Å². The van der Waals surface area contributed by atoms with Crippen LogP contribution in [0.2, 0.25) is 0 Å². The van der Waals surface area contributed by atoms with Crippen LogP contribution in [0.25, 0.3) is 0 Å². The third kappa shape index (κ3) is 3.35. The fourth-order valence-electron chi connectivity index (χ4n) is 1.58. The van der Waals surface area contributed by atoms with Crippen LogP contribution in [0.3, 0.4) is 0 Å². The predicted octanol–water partition coefficient (Wildman–Crippen LogP) is 1.48. The maximum Gasteiger partial charge on any atom is 0.317 e. The smallest absolute Gasteiger partial charge is 0.317 e. The summed E-state index contributed by atoms with van der Waals surface area (Å²) in [6.07, 6.45) is 0. The highest BCUT2D eigenvalue weighted by Crippen LogP contribution is 2.30. The van der Waals surface area contributed by atoms with Gasteiger partial charge in [0.1, 0.15) is 11.5 Å². The van der Waals surface area contributed by atoms with Gasteiger partial charge in [0.05, 0.1) is 13.7 Å². The molecule has 17 heavy (non-hydrogen) atoms. The lowest BCUT2D eigenvalue weighted by Gasteiger charge is -2.24. The molecule has 1 rings (SSSR count). The van der Waals surface area contributed by atoms with Crippen molar-refractivity contribution in [2.75, 3.05) is 20.7 Å². The number of methoxy groups -OCH3 is 1. The molecule has 0 aliphatic heterocycles. The molecule has 5 heteroatoms. The summed E-state index contributed by atoms with van der Waals surface area (Å²) in [6.45, 7) is 1.75. The van der Waals surface area contributed by atoms with E-state index in [1.165, 1.54) is 0 Å². The van der Waals surface area contributed by atoms with E-state index in [-0.39, 0.29) is 18.3 Å². The summed E-state index contributed by atoms with van der Waals surface area (Å²) < 4.78 is 5.07. The molecule has 0 heterocycles. The lowest BCUT2D eigenvalue weighted by Crippen LogP contribution is -2.28. The lowest BCUT2D eigenvalue weighted by atomic mass is 10.1. The van der Waals surface area contributed by atoms with Crippen LogP contribution >= 0.6 is 0 Å². The van der Waals surface area contributed by atoms with Crippen molar-refractivity contribution in [3.63, 3.8) is 0 Å². The van der Waals surface area contributed by atoms with Crippen LogP contribution in [0.5, 0.6) is 11.5 Å². The predicted molar refractivity (Wildman–Crippen MR) is 63.3 cm³/mol. The monoisotopic (exact) mass is 239 g/mol. The largest absolute Gasteiger partial charge is 0.508 e. The van der Waals surface area contributed by atoms with Crippen molar-refractivity contribution in [3.05, 3.63) is 23.8 Å². The maximum atomic E-state index is 10.6. The van der Waals surface area contributed by atoms with E-state index in [4.69, 9.17) is 9.84 Å². The van der Waals surface area contributed by atoms with Gasteiger partial charge in [0.2, 0.25) is 0 Å². The topological polar surface area (TPSA) is 70.0 Å². The van der Waals surface area contributed by atoms with E-state index in [9.17, 15) is 9.90 Å². The van der Waals surface area contributed by atoms with Crippen LogP contribution in [-0.4, -0.2) is 41.8 Å². The van der Waals surface area contributed by atoms with Crippen LogP contribution in [0.15, 0.2) is 18.2 Å². The van der Waals surface area contributed by atoms with Gasteiger partial charge < -0.3 is 14.9 Å². The Morgan fingerprint density at radius 1 is 1.53 bits per heavy atom. The van der Waals surface area contributed by atoms with Gasteiger partial charge >= 0.3 is 5.97 Å². The zero-order valence-corrected chi connectivity index (χ0v) is 10.2. The summed E-state index contributed by atoms with van der Waals surface area (Å²) in [5, 5.41) is 18.5. The van der Waals surface area contributed by atoms with E-state index in [0.29, 0.717) is 11.3 Å². The summed E-state index contributed by atoms with van der Waals surface area (Å²) in [5.74, 6) is -0.134. The standard InChI is InChI=1S/C12H17NO4/c1-8(13(2)7-12(15)16)10-6-9(17-3)4-5-11(10)14/h4-6,8,14H,7H2,1-3H3,(H,15,16). The second-order valence-corrected chi connectivity index (χ2v) is 3.91. The van der Waals surface area contributed by atoms with Gasteiger partial charge in [0.25, 0.3) is 0 Å². The fraction of sp³-hybridized carbons (Fsp3) is 0.417. The first-order chi connectivity index (χ1) is 7.95. The second kappa shape index (κ2) is 5.54. The first kappa shape index (κ1) is 13.3. The molecule has 1 aromatic carbocycles. The quantitative estimate of drug-likeness (QED) is 0.814. The summed E-state index contributed by atoms with van der Waals surface area (Å²) in [6, 6.07) is 4.70. The van der Waals surface area contributed by atoms with Crippen molar-refractivity contribution in [1.29, 1.82) is 0 Å². The number of aromatic hydroxyl groups is 1. The minimum atomic E-state index is -0.901. The normalized spacial score (nSPS) is 12.5. The van der Waals surface area contributed by atoms with E-state index in [1.54, 1.807) is 37.3 Å². The maximum absolute atomic E-state index is 10.6. The number of ether oxygens (including phenoxy) is 1. The number of carbonyl (C=O) groups is 1. The molecule has 0 bridgehead atoms. The van der Waals surface area contributed by atoms with Crippen molar-refractivity contribution < 1.29 is 19.7 Å². The lowest BCUT2D eigenvalue weighted by molar-refractivity contribution is -0.138. The number of hydrogen-bond donors (Lipinski definition) is 2. The van der Waals surface area contributed by atoms with Crippen LogP contribution < -0.4 is 4.74 Å². The Morgan fingerprint density at radius 3 is 2.71 bits per heavy atom. The first-order valence-electron chi connectivity index (χ1n) is 5.24. The number of rotatable bonds is 5.